The van der Waals surface area contributed by atoms with Crippen molar-refractivity contribution in [1.29, 1.82) is 0 Å². The maximum absolute atomic E-state index is 11.6. The lowest BCUT2D eigenvalue weighted by Crippen LogP contribution is -2.44. The van der Waals surface area contributed by atoms with Crippen molar-refractivity contribution in [1.82, 2.24) is 9.03 Å². The van der Waals surface area contributed by atoms with Crippen LogP contribution in [0.4, 0.5) is 0 Å². The Morgan fingerprint density at radius 1 is 1.27 bits per heavy atom. The molecule has 0 saturated carbocycles. The quantitative estimate of drug-likeness (QED) is 0.725. The van der Waals surface area contributed by atoms with Crippen LogP contribution >= 0.6 is 0 Å². The molecule has 0 aromatic heterocycles. The predicted octanol–water partition coefficient (Wildman–Crippen LogP) is 0.386. The van der Waals surface area contributed by atoms with Crippen LogP contribution in [-0.2, 0) is 15.0 Å². The Hall–Kier alpha value is -0.460. The minimum absolute atomic E-state index is 0.115. The molecular weight excluding hydrogens is 216 g/mol. The van der Waals surface area contributed by atoms with Crippen molar-refractivity contribution >= 4 is 16.0 Å². The highest BCUT2D eigenvalue weighted by atomic mass is 32.2. The SMILES string of the molecule is CC(C)C(=O)CNS(=O)(=O)N(C)C(C)C. The molecule has 0 spiro atoms. The first-order valence-electron chi connectivity index (χ1n) is 4.93. The Labute approximate surface area is 92.0 Å². The Morgan fingerprint density at radius 2 is 1.73 bits per heavy atom. The number of hydrogen-bond acceptors (Lipinski definition) is 3. The van der Waals surface area contributed by atoms with Gasteiger partial charge in [-0.05, 0) is 13.8 Å². The van der Waals surface area contributed by atoms with Crippen LogP contribution in [0, 0.1) is 5.92 Å². The third-order valence-corrected chi connectivity index (χ3v) is 3.87. The molecule has 0 aliphatic rings. The molecule has 0 amide bonds. The van der Waals surface area contributed by atoms with E-state index in [1.807, 2.05) is 0 Å². The molecule has 0 bridgehead atoms. The molecule has 6 heteroatoms. The number of carbonyl (C=O) groups is 1. The van der Waals surface area contributed by atoms with E-state index in [0.29, 0.717) is 0 Å². The molecule has 0 heterocycles. The monoisotopic (exact) mass is 236 g/mol. The Kier molecular flexibility index (Phi) is 5.41. The number of nitrogens with zero attached hydrogens (tertiary/aromatic N) is 1. The van der Waals surface area contributed by atoms with Gasteiger partial charge in [0.15, 0.2) is 0 Å². The third-order valence-electron chi connectivity index (χ3n) is 2.18. The number of nitrogens with one attached hydrogen (secondary N) is 1. The number of ketones is 1. The lowest BCUT2D eigenvalue weighted by molar-refractivity contribution is -0.120. The maximum Gasteiger partial charge on any atom is 0.279 e. The lowest BCUT2D eigenvalue weighted by Gasteiger charge is -2.21. The molecule has 0 aromatic rings. The van der Waals surface area contributed by atoms with Crippen LogP contribution < -0.4 is 4.72 Å². The zero-order chi connectivity index (χ0) is 12.2. The van der Waals surface area contributed by atoms with Gasteiger partial charge in [0.1, 0.15) is 5.78 Å². The summed E-state index contributed by atoms with van der Waals surface area (Å²) in [5.41, 5.74) is 0. The van der Waals surface area contributed by atoms with Crippen molar-refractivity contribution in [3.8, 4) is 0 Å². The molecule has 5 nitrogen and oxygen atoms in total. The topological polar surface area (TPSA) is 66.5 Å². The first kappa shape index (κ1) is 14.5. The highest BCUT2D eigenvalue weighted by Crippen LogP contribution is 2.01. The molecule has 0 saturated heterocycles. The minimum Gasteiger partial charge on any atom is -0.298 e. The molecule has 1 N–H and O–H groups in total. The second kappa shape index (κ2) is 5.58. The van der Waals surface area contributed by atoms with Crippen LogP contribution in [0.25, 0.3) is 0 Å². The van der Waals surface area contributed by atoms with Crippen LogP contribution in [0.3, 0.4) is 0 Å². The zero-order valence-electron chi connectivity index (χ0n) is 9.94. The first-order chi connectivity index (χ1) is 6.68. The summed E-state index contributed by atoms with van der Waals surface area (Å²) in [6, 6.07) is -0.128. The van der Waals surface area contributed by atoms with Crippen molar-refractivity contribution in [2.45, 2.75) is 33.7 Å². The van der Waals surface area contributed by atoms with E-state index in [1.165, 1.54) is 11.4 Å². The van der Waals surface area contributed by atoms with E-state index >= 15 is 0 Å². The van der Waals surface area contributed by atoms with Crippen LogP contribution in [0.15, 0.2) is 0 Å². The average Bonchev–Trinajstić information content (AvgIpc) is 2.12. The average molecular weight is 236 g/mol. The lowest BCUT2D eigenvalue weighted by atomic mass is 10.1. The van der Waals surface area contributed by atoms with Gasteiger partial charge >= 0.3 is 0 Å². The Morgan fingerprint density at radius 3 is 2.07 bits per heavy atom. The van der Waals surface area contributed by atoms with Crippen molar-refractivity contribution in [2.24, 2.45) is 5.92 Å². The summed E-state index contributed by atoms with van der Waals surface area (Å²) in [7, 11) is -2.05. The second-order valence-corrected chi connectivity index (χ2v) is 5.87. The number of carbonyl (C=O) groups excluding carboxylic acids is 1. The molecule has 15 heavy (non-hydrogen) atoms. The van der Waals surface area contributed by atoms with Crippen molar-refractivity contribution < 1.29 is 13.2 Å². The summed E-state index contributed by atoms with van der Waals surface area (Å²) < 4.78 is 26.6. The van der Waals surface area contributed by atoms with E-state index in [4.69, 9.17) is 0 Å². The van der Waals surface area contributed by atoms with Gasteiger partial charge in [-0.15, -0.1) is 0 Å². The highest BCUT2D eigenvalue weighted by molar-refractivity contribution is 7.87. The van der Waals surface area contributed by atoms with Crippen molar-refractivity contribution in [3.63, 3.8) is 0 Å². The first-order valence-corrected chi connectivity index (χ1v) is 6.37. The molecule has 0 rings (SSSR count). The Balaban J connectivity index is 4.35. The normalized spacial score (nSPS) is 12.8. The van der Waals surface area contributed by atoms with E-state index in [1.54, 1.807) is 27.7 Å². The van der Waals surface area contributed by atoms with Crippen LogP contribution in [0.2, 0.25) is 0 Å². The molecule has 0 fully saturated rings. The predicted molar refractivity (Wildman–Crippen MR) is 59.7 cm³/mol. The van der Waals surface area contributed by atoms with E-state index < -0.39 is 10.2 Å². The summed E-state index contributed by atoms with van der Waals surface area (Å²) in [6.07, 6.45) is 0. The van der Waals surface area contributed by atoms with Gasteiger partial charge in [0, 0.05) is 19.0 Å². The van der Waals surface area contributed by atoms with Gasteiger partial charge in [-0.25, -0.2) is 0 Å². The molecule has 0 unspecified atom stereocenters. The fraction of sp³-hybridized carbons (Fsp3) is 0.889. The molecule has 0 radical (unpaired) electrons. The van der Waals surface area contributed by atoms with Gasteiger partial charge in [-0.2, -0.15) is 17.4 Å². The summed E-state index contributed by atoms with van der Waals surface area (Å²) in [6.45, 7) is 6.87. The standard InChI is InChI=1S/C9H20N2O3S/c1-7(2)9(12)6-10-15(13,14)11(5)8(3)4/h7-8,10H,6H2,1-5H3. The summed E-state index contributed by atoms with van der Waals surface area (Å²) in [5.74, 6) is -0.271. The van der Waals surface area contributed by atoms with Crippen molar-refractivity contribution in [2.75, 3.05) is 13.6 Å². The summed E-state index contributed by atoms with van der Waals surface area (Å²) >= 11 is 0. The minimum atomic E-state index is -3.53. The number of Topliss-reactive ketones (excluding diaryl/α,β-unsaturated/α-hetero) is 1. The molecule has 0 atom stereocenters. The van der Waals surface area contributed by atoms with Gasteiger partial charge < -0.3 is 0 Å². The molecule has 0 aliphatic carbocycles. The largest absolute Gasteiger partial charge is 0.298 e. The molecule has 0 aliphatic heterocycles. The number of rotatable bonds is 6. The van der Waals surface area contributed by atoms with E-state index in [-0.39, 0.29) is 24.3 Å². The van der Waals surface area contributed by atoms with Gasteiger partial charge in [0.05, 0.1) is 6.54 Å². The van der Waals surface area contributed by atoms with Gasteiger partial charge in [-0.3, -0.25) is 4.79 Å². The number of hydrogen-bond donors (Lipinski definition) is 1. The van der Waals surface area contributed by atoms with Gasteiger partial charge in [-0.1, -0.05) is 13.8 Å². The smallest absolute Gasteiger partial charge is 0.279 e. The maximum atomic E-state index is 11.6. The van der Waals surface area contributed by atoms with Crippen LogP contribution in [-0.4, -0.2) is 38.1 Å². The third kappa shape index (κ3) is 4.72. The highest BCUT2D eigenvalue weighted by Gasteiger charge is 2.21. The van der Waals surface area contributed by atoms with E-state index in [0.717, 1.165) is 0 Å². The van der Waals surface area contributed by atoms with Crippen LogP contribution in [0.1, 0.15) is 27.7 Å². The summed E-state index contributed by atoms with van der Waals surface area (Å²) in [5, 5.41) is 0. The van der Waals surface area contributed by atoms with Gasteiger partial charge in [0.25, 0.3) is 10.2 Å². The van der Waals surface area contributed by atoms with Gasteiger partial charge in [0.2, 0.25) is 0 Å². The second-order valence-electron chi connectivity index (χ2n) is 4.06. The Bertz CT molecular complexity index is 309. The fourth-order valence-electron chi connectivity index (χ4n) is 0.746. The van der Waals surface area contributed by atoms with Crippen LogP contribution in [0.5, 0.6) is 0 Å². The molecule has 0 aromatic carbocycles. The molecule has 90 valence electrons. The fourth-order valence-corrected chi connectivity index (χ4v) is 1.83. The molecular formula is C9H20N2O3S. The van der Waals surface area contributed by atoms with E-state index in [2.05, 4.69) is 4.72 Å². The zero-order valence-corrected chi connectivity index (χ0v) is 10.8. The summed E-state index contributed by atoms with van der Waals surface area (Å²) in [4.78, 5) is 11.2. The van der Waals surface area contributed by atoms with E-state index in [9.17, 15) is 13.2 Å². The van der Waals surface area contributed by atoms with Crippen molar-refractivity contribution in [3.05, 3.63) is 0 Å².